The Morgan fingerprint density at radius 1 is 1.28 bits per heavy atom. The van der Waals surface area contributed by atoms with Crippen LogP contribution in [0, 0.1) is 5.92 Å². The molecule has 2 aromatic rings. The lowest BCUT2D eigenvalue weighted by Crippen LogP contribution is -2.43. The Hall–Kier alpha value is -3.01. The summed E-state index contributed by atoms with van der Waals surface area (Å²) < 4.78 is 34.8. The molecule has 2 aliphatic rings. The summed E-state index contributed by atoms with van der Waals surface area (Å²) in [5.41, 5.74) is 1.40. The van der Waals surface area contributed by atoms with Gasteiger partial charge >= 0.3 is 6.61 Å². The van der Waals surface area contributed by atoms with Crippen LogP contribution in [0.5, 0.6) is 11.6 Å². The summed E-state index contributed by atoms with van der Waals surface area (Å²) >= 11 is 0. The third-order valence-electron chi connectivity index (χ3n) is 5.74. The predicted octanol–water partition coefficient (Wildman–Crippen LogP) is 2.83. The Labute approximate surface area is 184 Å². The molecule has 3 atom stereocenters. The number of nitrogens with one attached hydrogen (secondary N) is 2. The number of hydrogen-bond donors (Lipinski definition) is 3. The van der Waals surface area contributed by atoms with Crippen molar-refractivity contribution in [3.63, 3.8) is 0 Å². The molecule has 1 amide bonds. The molecule has 1 aliphatic heterocycles. The van der Waals surface area contributed by atoms with Gasteiger partial charge in [0.2, 0.25) is 11.8 Å². The summed E-state index contributed by atoms with van der Waals surface area (Å²) in [6, 6.07) is 5.31. The summed E-state index contributed by atoms with van der Waals surface area (Å²) in [5, 5.41) is 15.8. The topological polar surface area (TPSA) is 106 Å². The maximum absolute atomic E-state index is 12.8. The number of amides is 1. The molecule has 0 saturated heterocycles. The van der Waals surface area contributed by atoms with E-state index in [1.165, 1.54) is 37.1 Å². The number of aliphatic hydroxyl groups excluding tert-OH is 1. The maximum Gasteiger partial charge on any atom is 0.387 e. The van der Waals surface area contributed by atoms with Gasteiger partial charge in [-0.15, -0.1) is 0 Å². The van der Waals surface area contributed by atoms with E-state index in [1.807, 2.05) is 0 Å². The molecule has 3 N–H and O–H groups in total. The summed E-state index contributed by atoms with van der Waals surface area (Å²) in [6.07, 6.45) is 4.40. The van der Waals surface area contributed by atoms with Crippen molar-refractivity contribution in [1.29, 1.82) is 0 Å². The molecule has 2 heterocycles. The van der Waals surface area contributed by atoms with Gasteiger partial charge in [-0.25, -0.2) is 4.98 Å². The van der Waals surface area contributed by atoms with Crippen molar-refractivity contribution in [2.24, 2.45) is 5.92 Å². The number of carbonyl (C=O) groups is 1. The van der Waals surface area contributed by atoms with Gasteiger partial charge in [0.1, 0.15) is 5.75 Å². The Balaban J connectivity index is 1.38. The second-order valence-electron chi connectivity index (χ2n) is 8.13. The highest BCUT2D eigenvalue weighted by Gasteiger charge is 2.31. The lowest BCUT2D eigenvalue weighted by atomic mass is 10.0. The average molecular weight is 448 g/mol. The highest BCUT2D eigenvalue weighted by molar-refractivity contribution is 5.82. The molecule has 1 saturated carbocycles. The number of aliphatic hydroxyl groups is 1. The lowest BCUT2D eigenvalue weighted by molar-refractivity contribution is -0.130. The number of ether oxygens (including phenoxy) is 2. The maximum atomic E-state index is 12.8. The van der Waals surface area contributed by atoms with Crippen LogP contribution in [0.15, 0.2) is 30.5 Å². The van der Waals surface area contributed by atoms with Crippen LogP contribution in [0.4, 0.5) is 14.7 Å². The molecule has 8 nitrogen and oxygen atoms in total. The number of rotatable bonds is 9. The number of carbonyl (C=O) groups excluding carboxylic acids is 1. The van der Waals surface area contributed by atoms with Crippen molar-refractivity contribution < 1.29 is 28.2 Å². The van der Waals surface area contributed by atoms with E-state index in [4.69, 9.17) is 4.74 Å². The first-order valence-electron chi connectivity index (χ1n) is 10.7. The first-order valence-corrected chi connectivity index (χ1v) is 10.7. The van der Waals surface area contributed by atoms with Crippen LogP contribution in [0.2, 0.25) is 0 Å². The molecule has 0 radical (unpaired) electrons. The first kappa shape index (κ1) is 22.2. The van der Waals surface area contributed by atoms with Crippen LogP contribution in [0.3, 0.4) is 0 Å². The number of halogens is 2. The summed E-state index contributed by atoms with van der Waals surface area (Å²) in [4.78, 5) is 21.6. The van der Waals surface area contributed by atoms with E-state index in [9.17, 15) is 18.7 Å². The van der Waals surface area contributed by atoms with E-state index in [1.54, 1.807) is 6.20 Å². The highest BCUT2D eigenvalue weighted by atomic mass is 19.3. The second-order valence-corrected chi connectivity index (χ2v) is 8.13. The fourth-order valence-electron chi connectivity index (χ4n) is 3.70. The molecule has 0 unspecified atom stereocenters. The fourth-order valence-corrected chi connectivity index (χ4v) is 3.70. The molecule has 4 rings (SSSR count). The van der Waals surface area contributed by atoms with Crippen molar-refractivity contribution in [2.45, 2.75) is 57.4 Å². The van der Waals surface area contributed by atoms with Gasteiger partial charge in [-0.2, -0.15) is 13.8 Å². The Morgan fingerprint density at radius 2 is 2.03 bits per heavy atom. The largest absolute Gasteiger partial charge is 0.464 e. The lowest BCUT2D eigenvalue weighted by Gasteiger charge is -2.26. The first-order chi connectivity index (χ1) is 15.4. The van der Waals surface area contributed by atoms with Gasteiger partial charge in [-0.3, -0.25) is 4.79 Å². The number of benzene rings is 1. The zero-order valence-electron chi connectivity index (χ0n) is 17.6. The number of aromatic nitrogens is 2. The molecule has 1 aromatic carbocycles. The molecule has 1 aliphatic carbocycles. The van der Waals surface area contributed by atoms with Crippen LogP contribution in [0.1, 0.15) is 43.4 Å². The van der Waals surface area contributed by atoms with E-state index in [2.05, 4.69) is 32.3 Å². The summed E-state index contributed by atoms with van der Waals surface area (Å²) in [6.45, 7) is -1.19. The van der Waals surface area contributed by atoms with Crippen LogP contribution in [-0.2, 0) is 11.2 Å². The molecule has 10 heteroatoms. The minimum Gasteiger partial charge on any atom is -0.464 e. The van der Waals surface area contributed by atoms with Crippen LogP contribution in [-0.4, -0.2) is 46.3 Å². The van der Waals surface area contributed by atoms with Gasteiger partial charge in [-0.1, -0.05) is 12.1 Å². The normalized spacial score (nSPS) is 19.5. The minimum atomic E-state index is -2.92. The minimum absolute atomic E-state index is 0.000844. The van der Waals surface area contributed by atoms with E-state index in [0.29, 0.717) is 36.2 Å². The molecular formula is C22H26F2N4O4. The molecule has 0 spiro atoms. The molecule has 32 heavy (non-hydrogen) atoms. The van der Waals surface area contributed by atoms with Gasteiger partial charge < -0.3 is 25.2 Å². The van der Waals surface area contributed by atoms with Gasteiger partial charge in [-0.05, 0) is 56.2 Å². The number of anilines is 1. The van der Waals surface area contributed by atoms with Crippen molar-refractivity contribution in [3.8, 4) is 11.6 Å². The van der Waals surface area contributed by atoms with Crippen molar-refractivity contribution in [2.75, 3.05) is 11.9 Å². The Bertz CT molecular complexity index is 940. The van der Waals surface area contributed by atoms with Gasteiger partial charge in [0, 0.05) is 17.8 Å². The van der Waals surface area contributed by atoms with E-state index < -0.39 is 18.8 Å². The SMILES string of the molecule is C[C@@H](Nc1ncc2c(n1)O[C@@H](C(=O)N[C@H](CO)c1ccc(OC(F)F)cc1)CC2)C1CC1. The Morgan fingerprint density at radius 3 is 2.69 bits per heavy atom. The van der Waals surface area contributed by atoms with Gasteiger partial charge in [0.05, 0.1) is 12.6 Å². The summed E-state index contributed by atoms with van der Waals surface area (Å²) in [5.74, 6) is 1.11. The van der Waals surface area contributed by atoms with E-state index >= 15 is 0 Å². The summed E-state index contributed by atoms with van der Waals surface area (Å²) in [7, 11) is 0. The third kappa shape index (κ3) is 5.42. The van der Waals surface area contributed by atoms with Crippen molar-refractivity contribution in [3.05, 3.63) is 41.6 Å². The van der Waals surface area contributed by atoms with Crippen LogP contribution in [0.25, 0.3) is 0 Å². The second kappa shape index (κ2) is 9.64. The van der Waals surface area contributed by atoms with Crippen molar-refractivity contribution in [1.82, 2.24) is 15.3 Å². The zero-order chi connectivity index (χ0) is 22.7. The molecule has 0 bridgehead atoms. The van der Waals surface area contributed by atoms with Crippen LogP contribution >= 0.6 is 0 Å². The highest BCUT2D eigenvalue weighted by Crippen LogP contribution is 2.34. The molecular weight excluding hydrogens is 422 g/mol. The monoisotopic (exact) mass is 448 g/mol. The average Bonchev–Trinajstić information content (AvgIpc) is 3.63. The number of fused-ring (bicyclic) bond motifs is 1. The van der Waals surface area contributed by atoms with Crippen LogP contribution < -0.4 is 20.1 Å². The molecule has 1 aromatic heterocycles. The third-order valence-corrected chi connectivity index (χ3v) is 5.74. The van der Waals surface area contributed by atoms with E-state index in [-0.39, 0.29) is 24.3 Å². The van der Waals surface area contributed by atoms with Gasteiger partial charge in [0.25, 0.3) is 5.91 Å². The van der Waals surface area contributed by atoms with E-state index in [0.717, 1.165) is 5.56 Å². The number of nitrogens with zero attached hydrogens (tertiary/aromatic N) is 2. The standard InChI is InChI=1S/C22H26F2N4O4/c1-12(13-2-3-13)26-22-25-10-15-6-9-18(32-20(15)28-22)19(30)27-17(11-29)14-4-7-16(8-5-14)31-21(23)24/h4-5,7-8,10,12-13,17-18,21,29H,2-3,6,9,11H2,1H3,(H,27,30)(H,25,26,28)/t12-,17-,18-/m1/s1. The van der Waals surface area contributed by atoms with Gasteiger partial charge in [0.15, 0.2) is 6.10 Å². The van der Waals surface area contributed by atoms with Crippen molar-refractivity contribution >= 4 is 11.9 Å². The quantitative estimate of drug-likeness (QED) is 0.542. The fraction of sp³-hybridized carbons (Fsp3) is 0.500. The molecule has 172 valence electrons. The molecule has 1 fully saturated rings. The smallest absolute Gasteiger partial charge is 0.387 e. The predicted molar refractivity (Wildman–Crippen MR) is 112 cm³/mol. The number of alkyl halides is 2. The zero-order valence-corrected chi connectivity index (χ0v) is 17.6. The number of hydrogen-bond acceptors (Lipinski definition) is 7. The number of aryl methyl sites for hydroxylation is 1. The Kier molecular flexibility index (Phi) is 6.69.